The average Bonchev–Trinajstić information content (AvgIpc) is 3.39. The maximum atomic E-state index is 13.3. The molecule has 0 radical (unpaired) electrons. The first-order valence-electron chi connectivity index (χ1n) is 11.5. The molecule has 1 unspecified atom stereocenters. The Morgan fingerprint density at radius 3 is 2.86 bits per heavy atom. The Balaban J connectivity index is 1.21. The standard InChI is InChI=1S/C24H24F2N4O5/c25-24(26)33-19-9-6-14(11-20(19)34-24)15(13-23(31)32)12-22-29-21(30-35-22)5-1-3-16-7-8-17-18(28-16)4-2-10-27-17/h6-9,11,15,27H,1-5,10,12-13H2,(H,31,32). The Labute approximate surface area is 199 Å². The van der Waals surface area contributed by atoms with Crippen LogP contribution in [0.2, 0.25) is 0 Å². The molecule has 9 nitrogen and oxygen atoms in total. The number of pyridine rings is 1. The lowest BCUT2D eigenvalue weighted by Gasteiger charge is -2.17. The SMILES string of the molecule is O=C(O)CC(Cc1nc(CCCc2ccc3c(n2)CCCN3)no1)c1ccc2c(c1)OC(F)(F)O2. The fourth-order valence-electron chi connectivity index (χ4n) is 4.37. The van der Waals surface area contributed by atoms with Gasteiger partial charge in [-0.25, -0.2) is 0 Å². The molecular weight excluding hydrogens is 462 g/mol. The van der Waals surface area contributed by atoms with Crippen LogP contribution in [0, 0.1) is 0 Å². The van der Waals surface area contributed by atoms with Gasteiger partial charge in [0.15, 0.2) is 17.3 Å². The van der Waals surface area contributed by atoms with Crippen LogP contribution in [-0.2, 0) is 30.5 Å². The van der Waals surface area contributed by atoms with Crippen molar-refractivity contribution in [2.75, 3.05) is 11.9 Å². The van der Waals surface area contributed by atoms with Crippen LogP contribution in [0.5, 0.6) is 11.5 Å². The Kier molecular flexibility index (Phi) is 6.23. The van der Waals surface area contributed by atoms with E-state index in [4.69, 9.17) is 9.51 Å². The van der Waals surface area contributed by atoms with Crippen LogP contribution in [0.25, 0.3) is 0 Å². The smallest absolute Gasteiger partial charge is 0.481 e. The third kappa shape index (κ3) is 5.50. The number of nitrogens with one attached hydrogen (secondary N) is 1. The molecule has 5 rings (SSSR count). The van der Waals surface area contributed by atoms with Crippen molar-refractivity contribution in [3.05, 3.63) is 59.0 Å². The predicted octanol–water partition coefficient (Wildman–Crippen LogP) is 4.12. The van der Waals surface area contributed by atoms with E-state index in [9.17, 15) is 18.7 Å². The summed E-state index contributed by atoms with van der Waals surface area (Å²) < 4.78 is 40.9. The molecule has 35 heavy (non-hydrogen) atoms. The van der Waals surface area contributed by atoms with Gasteiger partial charge in [0.25, 0.3) is 0 Å². The van der Waals surface area contributed by atoms with Gasteiger partial charge in [0, 0.05) is 31.0 Å². The summed E-state index contributed by atoms with van der Waals surface area (Å²) in [4.78, 5) is 20.6. The zero-order chi connectivity index (χ0) is 24.4. The molecule has 1 atom stereocenters. The maximum Gasteiger partial charge on any atom is 0.586 e. The molecule has 0 aliphatic carbocycles. The zero-order valence-electron chi connectivity index (χ0n) is 18.8. The van der Waals surface area contributed by atoms with Crippen molar-refractivity contribution < 1.29 is 32.7 Å². The number of aromatic nitrogens is 3. The highest BCUT2D eigenvalue weighted by Gasteiger charge is 2.43. The summed E-state index contributed by atoms with van der Waals surface area (Å²) in [7, 11) is 0. The van der Waals surface area contributed by atoms with Gasteiger partial charge in [-0.15, -0.1) is 8.78 Å². The van der Waals surface area contributed by atoms with Crippen molar-refractivity contribution in [3.8, 4) is 11.5 Å². The second kappa shape index (κ2) is 9.47. The molecule has 2 aliphatic rings. The van der Waals surface area contributed by atoms with Crippen molar-refractivity contribution in [3.63, 3.8) is 0 Å². The number of ether oxygens (including phenoxy) is 2. The van der Waals surface area contributed by atoms with Gasteiger partial charge in [-0.2, -0.15) is 4.98 Å². The van der Waals surface area contributed by atoms with E-state index in [1.54, 1.807) is 0 Å². The van der Waals surface area contributed by atoms with Crippen LogP contribution in [0.15, 0.2) is 34.9 Å². The van der Waals surface area contributed by atoms with Crippen LogP contribution in [0.3, 0.4) is 0 Å². The van der Waals surface area contributed by atoms with Crippen LogP contribution in [0.1, 0.15) is 53.8 Å². The summed E-state index contributed by atoms with van der Waals surface area (Å²) in [6, 6.07) is 8.34. The number of hydrogen-bond donors (Lipinski definition) is 2. The van der Waals surface area contributed by atoms with Gasteiger partial charge >= 0.3 is 12.3 Å². The minimum absolute atomic E-state index is 0.0995. The molecule has 0 saturated heterocycles. The summed E-state index contributed by atoms with van der Waals surface area (Å²) in [5, 5.41) is 16.7. The van der Waals surface area contributed by atoms with Crippen molar-refractivity contribution in [2.24, 2.45) is 0 Å². The summed E-state index contributed by atoms with van der Waals surface area (Å²) >= 11 is 0. The topological polar surface area (TPSA) is 120 Å². The Morgan fingerprint density at radius 1 is 1.14 bits per heavy atom. The van der Waals surface area contributed by atoms with E-state index in [2.05, 4.69) is 31.0 Å². The maximum absolute atomic E-state index is 13.3. The Bertz CT molecular complexity index is 1230. The molecule has 184 valence electrons. The highest BCUT2D eigenvalue weighted by molar-refractivity contribution is 5.68. The molecule has 0 amide bonds. The van der Waals surface area contributed by atoms with E-state index in [0.717, 1.165) is 49.3 Å². The minimum Gasteiger partial charge on any atom is -0.481 e. The number of halogens is 2. The summed E-state index contributed by atoms with van der Waals surface area (Å²) in [5.41, 5.74) is 3.73. The number of carboxylic acids is 1. The lowest BCUT2D eigenvalue weighted by Crippen LogP contribution is -2.25. The molecule has 3 aromatic rings. The molecule has 2 aromatic heterocycles. The molecule has 2 aliphatic heterocycles. The van der Waals surface area contributed by atoms with Gasteiger partial charge in [0.1, 0.15) is 0 Å². The van der Waals surface area contributed by atoms with Crippen LogP contribution in [-0.4, -0.2) is 39.0 Å². The second-order valence-corrected chi connectivity index (χ2v) is 8.66. The molecule has 0 spiro atoms. The lowest BCUT2D eigenvalue weighted by molar-refractivity contribution is -0.286. The van der Waals surface area contributed by atoms with Crippen molar-refractivity contribution in [1.82, 2.24) is 15.1 Å². The van der Waals surface area contributed by atoms with Gasteiger partial charge in [-0.05, 0) is 55.5 Å². The fraction of sp³-hybridized carbons (Fsp3) is 0.417. The monoisotopic (exact) mass is 486 g/mol. The van der Waals surface area contributed by atoms with Gasteiger partial charge in [0.05, 0.1) is 17.8 Å². The minimum atomic E-state index is -3.74. The zero-order valence-corrected chi connectivity index (χ0v) is 18.8. The number of carboxylic acid groups (broad SMARTS) is 1. The number of anilines is 1. The number of aryl methyl sites for hydroxylation is 3. The quantitative estimate of drug-likeness (QED) is 0.460. The van der Waals surface area contributed by atoms with Gasteiger partial charge in [0.2, 0.25) is 5.89 Å². The number of carbonyl (C=O) groups is 1. The summed E-state index contributed by atoms with van der Waals surface area (Å²) in [6.07, 6.45) is 0.374. The first kappa shape index (κ1) is 23.0. The number of nitrogens with zero attached hydrogens (tertiary/aromatic N) is 3. The van der Waals surface area contributed by atoms with Crippen molar-refractivity contribution in [1.29, 1.82) is 0 Å². The fourth-order valence-corrected chi connectivity index (χ4v) is 4.37. The average molecular weight is 486 g/mol. The van der Waals surface area contributed by atoms with E-state index in [0.29, 0.717) is 17.8 Å². The first-order valence-corrected chi connectivity index (χ1v) is 11.5. The van der Waals surface area contributed by atoms with E-state index in [-0.39, 0.29) is 30.2 Å². The number of rotatable bonds is 9. The second-order valence-electron chi connectivity index (χ2n) is 8.66. The molecule has 2 N–H and O–H groups in total. The van der Waals surface area contributed by atoms with Crippen LogP contribution >= 0.6 is 0 Å². The Morgan fingerprint density at radius 2 is 2.00 bits per heavy atom. The molecular formula is C24H24F2N4O5. The first-order chi connectivity index (χ1) is 16.8. The van der Waals surface area contributed by atoms with E-state index in [1.165, 1.54) is 18.2 Å². The van der Waals surface area contributed by atoms with E-state index in [1.807, 2.05) is 6.07 Å². The molecule has 4 heterocycles. The highest BCUT2D eigenvalue weighted by atomic mass is 19.3. The number of benzene rings is 1. The van der Waals surface area contributed by atoms with Crippen LogP contribution in [0.4, 0.5) is 14.5 Å². The molecule has 11 heteroatoms. The molecule has 0 fully saturated rings. The van der Waals surface area contributed by atoms with Crippen LogP contribution < -0.4 is 14.8 Å². The number of hydrogen-bond acceptors (Lipinski definition) is 8. The van der Waals surface area contributed by atoms with Crippen molar-refractivity contribution in [2.45, 2.75) is 57.2 Å². The molecule has 0 saturated carbocycles. The largest absolute Gasteiger partial charge is 0.586 e. The van der Waals surface area contributed by atoms with Gasteiger partial charge in [-0.3, -0.25) is 9.78 Å². The number of aliphatic carboxylic acids is 1. The molecule has 1 aromatic carbocycles. The Hall–Kier alpha value is -3.76. The lowest BCUT2D eigenvalue weighted by atomic mass is 9.92. The third-order valence-corrected chi connectivity index (χ3v) is 6.02. The molecule has 0 bridgehead atoms. The van der Waals surface area contributed by atoms with Crippen molar-refractivity contribution >= 4 is 11.7 Å². The number of fused-ring (bicyclic) bond motifs is 2. The number of alkyl halides is 2. The van der Waals surface area contributed by atoms with Gasteiger partial charge in [-0.1, -0.05) is 11.2 Å². The highest BCUT2D eigenvalue weighted by Crippen LogP contribution is 2.42. The predicted molar refractivity (Wildman–Crippen MR) is 119 cm³/mol. The summed E-state index contributed by atoms with van der Waals surface area (Å²) in [5.74, 6) is -1.03. The normalized spacial score (nSPS) is 16.4. The van der Waals surface area contributed by atoms with Gasteiger partial charge < -0.3 is 24.4 Å². The summed E-state index contributed by atoms with van der Waals surface area (Å²) in [6.45, 7) is 0.978. The van der Waals surface area contributed by atoms with E-state index < -0.39 is 18.2 Å². The van der Waals surface area contributed by atoms with E-state index >= 15 is 0 Å². The third-order valence-electron chi connectivity index (χ3n) is 6.02.